The van der Waals surface area contributed by atoms with Crippen LogP contribution >= 0.6 is 0 Å². The SMILES string of the molecule is N#CCCCNC(=O)C1CCCCCCC1. The van der Waals surface area contributed by atoms with Crippen LogP contribution in [0.25, 0.3) is 0 Å². The highest BCUT2D eigenvalue weighted by molar-refractivity contribution is 5.78. The van der Waals surface area contributed by atoms with Crippen molar-refractivity contribution in [3.8, 4) is 6.07 Å². The van der Waals surface area contributed by atoms with Gasteiger partial charge in [-0.2, -0.15) is 5.26 Å². The van der Waals surface area contributed by atoms with Gasteiger partial charge >= 0.3 is 0 Å². The molecule has 0 aromatic rings. The summed E-state index contributed by atoms with van der Waals surface area (Å²) in [6, 6.07) is 2.09. The molecule has 1 rings (SSSR count). The summed E-state index contributed by atoms with van der Waals surface area (Å²) in [5, 5.41) is 11.3. The first-order valence-electron chi connectivity index (χ1n) is 6.49. The van der Waals surface area contributed by atoms with Crippen molar-refractivity contribution in [3.05, 3.63) is 0 Å². The fraction of sp³-hybridized carbons (Fsp3) is 0.846. The zero-order valence-electron chi connectivity index (χ0n) is 10.0. The van der Waals surface area contributed by atoms with Crippen LogP contribution in [0.1, 0.15) is 57.8 Å². The molecule has 0 aliphatic heterocycles. The number of nitrogens with zero attached hydrogens (tertiary/aromatic N) is 1. The average Bonchev–Trinajstić information content (AvgIpc) is 2.23. The molecule has 0 aromatic heterocycles. The molecule has 0 aromatic carbocycles. The third kappa shape index (κ3) is 5.16. The van der Waals surface area contributed by atoms with E-state index in [1.807, 2.05) is 0 Å². The molecule has 0 radical (unpaired) electrons. The van der Waals surface area contributed by atoms with Crippen molar-refractivity contribution in [1.82, 2.24) is 5.32 Å². The summed E-state index contributed by atoms with van der Waals surface area (Å²) in [7, 11) is 0. The van der Waals surface area contributed by atoms with Gasteiger partial charge in [0.15, 0.2) is 0 Å². The second kappa shape index (κ2) is 8.15. The summed E-state index contributed by atoms with van der Waals surface area (Å²) in [6.45, 7) is 0.656. The number of carbonyl (C=O) groups is 1. The molecule has 0 saturated heterocycles. The molecule has 1 aliphatic rings. The summed E-state index contributed by atoms with van der Waals surface area (Å²) in [5.74, 6) is 0.433. The Morgan fingerprint density at radius 2 is 1.81 bits per heavy atom. The molecular weight excluding hydrogens is 200 g/mol. The summed E-state index contributed by atoms with van der Waals surface area (Å²) in [6.07, 6.45) is 9.66. The number of nitrogens with one attached hydrogen (secondary N) is 1. The Morgan fingerprint density at radius 1 is 1.19 bits per heavy atom. The Hall–Kier alpha value is -1.04. The third-order valence-electron chi connectivity index (χ3n) is 3.24. The van der Waals surface area contributed by atoms with Crippen molar-refractivity contribution < 1.29 is 4.79 Å². The molecule has 0 atom stereocenters. The van der Waals surface area contributed by atoms with E-state index >= 15 is 0 Å². The smallest absolute Gasteiger partial charge is 0.223 e. The predicted molar refractivity (Wildman–Crippen MR) is 63.7 cm³/mol. The molecule has 1 fully saturated rings. The largest absolute Gasteiger partial charge is 0.356 e. The average molecular weight is 222 g/mol. The van der Waals surface area contributed by atoms with Gasteiger partial charge in [0.2, 0.25) is 5.91 Å². The van der Waals surface area contributed by atoms with Gasteiger partial charge in [0.05, 0.1) is 6.07 Å². The van der Waals surface area contributed by atoms with Crippen molar-refractivity contribution in [3.63, 3.8) is 0 Å². The van der Waals surface area contributed by atoms with E-state index in [0.29, 0.717) is 13.0 Å². The maximum absolute atomic E-state index is 11.8. The van der Waals surface area contributed by atoms with Crippen molar-refractivity contribution in [2.24, 2.45) is 5.92 Å². The normalized spacial score (nSPS) is 18.2. The summed E-state index contributed by atoms with van der Waals surface area (Å²) >= 11 is 0. The highest BCUT2D eigenvalue weighted by atomic mass is 16.1. The first kappa shape index (κ1) is 13.0. The zero-order valence-corrected chi connectivity index (χ0v) is 10.0. The van der Waals surface area contributed by atoms with Crippen LogP contribution < -0.4 is 5.32 Å². The van der Waals surface area contributed by atoms with Crippen LogP contribution in [-0.4, -0.2) is 12.5 Å². The van der Waals surface area contributed by atoms with E-state index in [1.54, 1.807) is 0 Å². The van der Waals surface area contributed by atoms with E-state index in [1.165, 1.54) is 32.1 Å². The Balaban J connectivity index is 2.20. The van der Waals surface area contributed by atoms with Crippen LogP contribution in [0.5, 0.6) is 0 Å². The van der Waals surface area contributed by atoms with Crippen molar-refractivity contribution in [2.75, 3.05) is 6.54 Å². The second-order valence-electron chi connectivity index (χ2n) is 4.59. The molecule has 90 valence electrons. The number of nitriles is 1. The molecule has 0 spiro atoms. The Bertz CT molecular complexity index is 237. The maximum atomic E-state index is 11.8. The Kier molecular flexibility index (Phi) is 6.64. The minimum atomic E-state index is 0.208. The molecule has 0 heterocycles. The van der Waals surface area contributed by atoms with Crippen molar-refractivity contribution in [2.45, 2.75) is 57.8 Å². The third-order valence-corrected chi connectivity index (χ3v) is 3.24. The van der Waals surface area contributed by atoms with Crippen LogP contribution in [0.2, 0.25) is 0 Å². The van der Waals surface area contributed by atoms with Crippen LogP contribution in [0.15, 0.2) is 0 Å². The highest BCUT2D eigenvalue weighted by Gasteiger charge is 2.18. The number of hydrogen-bond donors (Lipinski definition) is 1. The van der Waals surface area contributed by atoms with Gasteiger partial charge in [-0.3, -0.25) is 4.79 Å². The number of hydrogen-bond acceptors (Lipinski definition) is 2. The number of amides is 1. The van der Waals surface area contributed by atoms with E-state index in [4.69, 9.17) is 5.26 Å². The van der Waals surface area contributed by atoms with Crippen LogP contribution in [-0.2, 0) is 4.79 Å². The molecule has 1 N–H and O–H groups in total. The first-order valence-corrected chi connectivity index (χ1v) is 6.49. The summed E-state index contributed by atoms with van der Waals surface area (Å²) in [4.78, 5) is 11.8. The van der Waals surface area contributed by atoms with Gasteiger partial charge < -0.3 is 5.32 Å². The maximum Gasteiger partial charge on any atom is 0.223 e. The van der Waals surface area contributed by atoms with E-state index in [0.717, 1.165) is 19.3 Å². The van der Waals surface area contributed by atoms with Gasteiger partial charge in [0.25, 0.3) is 0 Å². The monoisotopic (exact) mass is 222 g/mol. The van der Waals surface area contributed by atoms with E-state index in [-0.39, 0.29) is 11.8 Å². The lowest BCUT2D eigenvalue weighted by atomic mass is 9.90. The molecule has 1 aliphatic carbocycles. The molecule has 0 unspecified atom stereocenters. The van der Waals surface area contributed by atoms with Crippen LogP contribution in [0, 0.1) is 17.2 Å². The van der Waals surface area contributed by atoms with Gasteiger partial charge in [-0.15, -0.1) is 0 Å². The molecule has 0 bridgehead atoms. The minimum Gasteiger partial charge on any atom is -0.356 e. The molecule has 3 nitrogen and oxygen atoms in total. The van der Waals surface area contributed by atoms with E-state index in [2.05, 4.69) is 11.4 Å². The lowest BCUT2D eigenvalue weighted by molar-refractivity contribution is -0.125. The fourth-order valence-electron chi connectivity index (χ4n) is 2.24. The first-order chi connectivity index (χ1) is 7.84. The van der Waals surface area contributed by atoms with E-state index in [9.17, 15) is 4.79 Å². The van der Waals surface area contributed by atoms with Crippen LogP contribution in [0.3, 0.4) is 0 Å². The molecule has 3 heteroatoms. The molecule has 1 saturated carbocycles. The zero-order chi connectivity index (χ0) is 11.6. The van der Waals surface area contributed by atoms with Crippen LogP contribution in [0.4, 0.5) is 0 Å². The fourth-order valence-corrected chi connectivity index (χ4v) is 2.24. The summed E-state index contributed by atoms with van der Waals surface area (Å²) < 4.78 is 0. The Labute approximate surface area is 98.2 Å². The van der Waals surface area contributed by atoms with Gasteiger partial charge in [-0.25, -0.2) is 0 Å². The van der Waals surface area contributed by atoms with Gasteiger partial charge in [-0.05, 0) is 19.3 Å². The lowest BCUT2D eigenvalue weighted by Crippen LogP contribution is -2.31. The van der Waals surface area contributed by atoms with Crippen molar-refractivity contribution >= 4 is 5.91 Å². The number of carbonyl (C=O) groups excluding carboxylic acids is 1. The quantitative estimate of drug-likeness (QED) is 0.744. The molecule has 16 heavy (non-hydrogen) atoms. The predicted octanol–water partition coefficient (Wildman–Crippen LogP) is 2.77. The van der Waals surface area contributed by atoms with Gasteiger partial charge in [-0.1, -0.05) is 32.1 Å². The Morgan fingerprint density at radius 3 is 2.44 bits per heavy atom. The number of rotatable bonds is 4. The van der Waals surface area contributed by atoms with Gasteiger partial charge in [0.1, 0.15) is 0 Å². The number of unbranched alkanes of at least 4 members (excludes halogenated alkanes) is 1. The van der Waals surface area contributed by atoms with E-state index < -0.39 is 0 Å². The topological polar surface area (TPSA) is 52.9 Å². The molecular formula is C13H22N2O. The summed E-state index contributed by atoms with van der Waals surface area (Å²) in [5.41, 5.74) is 0. The standard InChI is InChI=1S/C13H22N2O/c14-10-6-7-11-15-13(16)12-8-4-2-1-3-5-9-12/h12H,1-9,11H2,(H,15,16). The van der Waals surface area contributed by atoms with Gasteiger partial charge in [0, 0.05) is 18.9 Å². The lowest BCUT2D eigenvalue weighted by Gasteiger charge is -2.18. The highest BCUT2D eigenvalue weighted by Crippen LogP contribution is 2.22. The molecule has 1 amide bonds. The second-order valence-corrected chi connectivity index (χ2v) is 4.59. The minimum absolute atomic E-state index is 0.208. The van der Waals surface area contributed by atoms with Crippen molar-refractivity contribution in [1.29, 1.82) is 5.26 Å².